The average molecular weight is 602 g/mol. The third kappa shape index (κ3) is 5.27. The number of rotatable bonds is 7. The van der Waals surface area contributed by atoms with Gasteiger partial charge in [-0.15, -0.1) is 0 Å². The molecular formula is C26H24BrN3O7S. The zero-order chi connectivity index (χ0) is 27.7. The Hall–Kier alpha value is -3.77. The summed E-state index contributed by atoms with van der Waals surface area (Å²) in [6.45, 7) is 7.51. The van der Waals surface area contributed by atoms with Crippen molar-refractivity contribution in [2.45, 2.75) is 39.8 Å². The van der Waals surface area contributed by atoms with E-state index in [2.05, 4.69) is 20.9 Å². The molecule has 0 spiro atoms. The van der Waals surface area contributed by atoms with E-state index in [0.29, 0.717) is 28.4 Å². The summed E-state index contributed by atoms with van der Waals surface area (Å²) in [4.78, 5) is 42.5. The Morgan fingerprint density at radius 3 is 2.61 bits per heavy atom. The Morgan fingerprint density at radius 1 is 1.32 bits per heavy atom. The number of carbonyl (C=O) groups excluding carboxylic acids is 1. The maximum Gasteiger partial charge on any atom is 0.338 e. The molecule has 38 heavy (non-hydrogen) atoms. The zero-order valence-corrected chi connectivity index (χ0v) is 23.3. The summed E-state index contributed by atoms with van der Waals surface area (Å²) in [7, 11) is 0. The molecule has 0 amide bonds. The van der Waals surface area contributed by atoms with Crippen molar-refractivity contribution in [1.82, 2.24) is 4.57 Å². The third-order valence-corrected chi connectivity index (χ3v) is 7.25. The molecule has 1 N–H and O–H groups in total. The molecule has 2 aromatic carbocycles. The van der Waals surface area contributed by atoms with Crippen molar-refractivity contribution in [3.05, 3.63) is 93.1 Å². The fourth-order valence-electron chi connectivity index (χ4n) is 4.05. The van der Waals surface area contributed by atoms with Crippen LogP contribution in [-0.4, -0.2) is 33.3 Å². The molecular weight excluding hydrogens is 578 g/mol. The number of nitro groups is 1. The standard InChI is InChI=1S/C26H24BrN3O7S/c1-5-36-18-8-6-15(7-9-18)22-21(25(33)37-13(2)3)14(4)28-26-29(22)24(32)20(38-26)11-16-10-17(30(34)35)12-19(27)23(16)31/h6-13,22,31H,5H2,1-4H3/b20-11+/t22-/m1/s1. The molecule has 0 saturated carbocycles. The fraction of sp³-hybridized carbons (Fsp3) is 0.269. The SMILES string of the molecule is CCOc1ccc([C@@H]2C(C(=O)OC(C)C)=C(C)N=c3s/c(=C/c4cc([N+](=O)[O-])cc(Br)c4O)c(=O)n32)cc1. The van der Waals surface area contributed by atoms with Crippen LogP contribution in [0.2, 0.25) is 0 Å². The topological polar surface area (TPSA) is 133 Å². The summed E-state index contributed by atoms with van der Waals surface area (Å²) in [6.07, 6.45) is 0.987. The lowest BCUT2D eigenvalue weighted by Gasteiger charge is -2.25. The molecule has 0 saturated heterocycles. The number of allylic oxidation sites excluding steroid dienone is 1. The molecule has 4 rings (SSSR count). The van der Waals surface area contributed by atoms with E-state index >= 15 is 0 Å². The van der Waals surface area contributed by atoms with E-state index in [1.807, 2.05) is 6.92 Å². The summed E-state index contributed by atoms with van der Waals surface area (Å²) in [5, 5.41) is 21.8. The first-order valence-corrected chi connectivity index (χ1v) is 13.3. The second-order valence-electron chi connectivity index (χ2n) is 8.66. The average Bonchev–Trinajstić information content (AvgIpc) is 3.15. The monoisotopic (exact) mass is 601 g/mol. The van der Waals surface area contributed by atoms with Gasteiger partial charge in [0.25, 0.3) is 11.2 Å². The highest BCUT2D eigenvalue weighted by molar-refractivity contribution is 9.10. The minimum Gasteiger partial charge on any atom is -0.506 e. The normalized spacial score (nSPS) is 15.3. The van der Waals surface area contributed by atoms with E-state index in [4.69, 9.17) is 9.47 Å². The molecule has 10 nitrogen and oxygen atoms in total. The lowest BCUT2D eigenvalue weighted by atomic mass is 9.96. The van der Waals surface area contributed by atoms with Crippen LogP contribution in [0.3, 0.4) is 0 Å². The summed E-state index contributed by atoms with van der Waals surface area (Å²) < 4.78 is 12.7. The number of aromatic hydroxyl groups is 1. The zero-order valence-electron chi connectivity index (χ0n) is 20.9. The number of fused-ring (bicyclic) bond motifs is 1. The van der Waals surface area contributed by atoms with E-state index in [9.17, 15) is 24.8 Å². The van der Waals surface area contributed by atoms with Gasteiger partial charge in [0.15, 0.2) is 4.80 Å². The van der Waals surface area contributed by atoms with Crippen LogP contribution in [-0.2, 0) is 9.53 Å². The van der Waals surface area contributed by atoms with Gasteiger partial charge in [-0.2, -0.15) is 0 Å². The van der Waals surface area contributed by atoms with E-state index in [0.717, 1.165) is 11.3 Å². The fourth-order valence-corrected chi connectivity index (χ4v) is 5.55. The first-order valence-electron chi connectivity index (χ1n) is 11.6. The number of halogens is 1. The van der Waals surface area contributed by atoms with Gasteiger partial charge in [0, 0.05) is 17.7 Å². The van der Waals surface area contributed by atoms with Crippen molar-refractivity contribution in [2.24, 2.45) is 4.99 Å². The van der Waals surface area contributed by atoms with Gasteiger partial charge in [-0.25, -0.2) is 9.79 Å². The highest BCUT2D eigenvalue weighted by Crippen LogP contribution is 2.34. The molecule has 3 aromatic rings. The minimum absolute atomic E-state index is 0.0871. The number of ether oxygens (including phenoxy) is 2. The molecule has 198 valence electrons. The molecule has 2 heterocycles. The van der Waals surface area contributed by atoms with E-state index in [1.54, 1.807) is 45.0 Å². The number of benzene rings is 2. The van der Waals surface area contributed by atoms with Gasteiger partial charge in [-0.05, 0) is 67.4 Å². The Morgan fingerprint density at radius 2 is 2.00 bits per heavy atom. The summed E-state index contributed by atoms with van der Waals surface area (Å²) in [6, 6.07) is 8.59. The summed E-state index contributed by atoms with van der Waals surface area (Å²) in [5.41, 5.74) is 0.634. The van der Waals surface area contributed by atoms with E-state index < -0.39 is 22.5 Å². The van der Waals surface area contributed by atoms with Crippen molar-refractivity contribution in [2.75, 3.05) is 6.61 Å². The van der Waals surface area contributed by atoms with Gasteiger partial charge in [-0.3, -0.25) is 19.5 Å². The molecule has 0 fully saturated rings. The van der Waals surface area contributed by atoms with Crippen LogP contribution < -0.4 is 19.6 Å². The summed E-state index contributed by atoms with van der Waals surface area (Å²) in [5.74, 6) is -0.195. The van der Waals surface area contributed by atoms with Crippen molar-refractivity contribution in [1.29, 1.82) is 0 Å². The van der Waals surface area contributed by atoms with Crippen LogP contribution >= 0.6 is 27.3 Å². The van der Waals surface area contributed by atoms with Crippen LogP contribution in [0.1, 0.15) is 44.9 Å². The number of aromatic nitrogens is 1. The molecule has 0 aliphatic carbocycles. The Balaban J connectivity index is 1.95. The molecule has 0 unspecified atom stereocenters. The Kier molecular flexibility index (Phi) is 7.83. The largest absolute Gasteiger partial charge is 0.506 e. The lowest BCUT2D eigenvalue weighted by Crippen LogP contribution is -2.40. The van der Waals surface area contributed by atoms with E-state index in [1.165, 1.54) is 22.8 Å². The van der Waals surface area contributed by atoms with Crippen molar-refractivity contribution in [3.63, 3.8) is 0 Å². The second kappa shape index (κ2) is 10.9. The number of nitro benzene ring substituents is 1. The Labute approximate surface area is 229 Å². The predicted molar refractivity (Wildman–Crippen MR) is 145 cm³/mol. The molecule has 1 aliphatic heterocycles. The van der Waals surface area contributed by atoms with Crippen LogP contribution in [0, 0.1) is 10.1 Å². The molecule has 1 atom stereocenters. The molecule has 1 aliphatic rings. The number of phenolic OH excluding ortho intramolecular Hbond substituents is 1. The van der Waals surface area contributed by atoms with Gasteiger partial charge in [0.1, 0.15) is 11.5 Å². The van der Waals surface area contributed by atoms with Crippen molar-refractivity contribution < 1.29 is 24.3 Å². The van der Waals surface area contributed by atoms with Gasteiger partial charge in [-0.1, -0.05) is 23.5 Å². The van der Waals surface area contributed by atoms with E-state index in [-0.39, 0.29) is 37.7 Å². The Bertz CT molecular complexity index is 1640. The van der Waals surface area contributed by atoms with Crippen LogP contribution in [0.25, 0.3) is 6.08 Å². The van der Waals surface area contributed by atoms with Gasteiger partial charge in [0.2, 0.25) is 0 Å². The number of non-ortho nitro benzene ring substituents is 1. The van der Waals surface area contributed by atoms with Crippen LogP contribution in [0.5, 0.6) is 11.5 Å². The molecule has 12 heteroatoms. The first-order chi connectivity index (χ1) is 18.0. The molecule has 0 radical (unpaired) electrons. The maximum atomic E-state index is 13.7. The van der Waals surface area contributed by atoms with Crippen molar-refractivity contribution in [3.8, 4) is 11.5 Å². The van der Waals surface area contributed by atoms with Gasteiger partial charge in [0.05, 0.1) is 44.0 Å². The number of hydrogen-bond donors (Lipinski definition) is 1. The number of nitrogens with zero attached hydrogens (tertiary/aromatic N) is 3. The minimum atomic E-state index is -0.833. The summed E-state index contributed by atoms with van der Waals surface area (Å²) >= 11 is 4.17. The second-order valence-corrected chi connectivity index (χ2v) is 10.5. The predicted octanol–water partition coefficient (Wildman–Crippen LogP) is 3.96. The quantitative estimate of drug-likeness (QED) is 0.246. The lowest BCUT2D eigenvalue weighted by molar-refractivity contribution is -0.385. The number of hydrogen-bond acceptors (Lipinski definition) is 9. The molecule has 1 aromatic heterocycles. The number of phenols is 1. The highest BCUT2D eigenvalue weighted by atomic mass is 79.9. The third-order valence-electron chi connectivity index (χ3n) is 5.67. The van der Waals surface area contributed by atoms with Crippen LogP contribution in [0.4, 0.5) is 5.69 Å². The number of esters is 1. The molecule has 0 bridgehead atoms. The van der Waals surface area contributed by atoms with Crippen molar-refractivity contribution >= 4 is 45.0 Å². The highest BCUT2D eigenvalue weighted by Gasteiger charge is 2.34. The van der Waals surface area contributed by atoms with Gasteiger partial charge >= 0.3 is 5.97 Å². The maximum absolute atomic E-state index is 13.7. The number of carbonyl (C=O) groups is 1. The number of thiazole rings is 1. The van der Waals surface area contributed by atoms with Crippen LogP contribution in [0.15, 0.2) is 61.9 Å². The van der Waals surface area contributed by atoms with Gasteiger partial charge < -0.3 is 14.6 Å². The smallest absolute Gasteiger partial charge is 0.338 e. The first kappa shape index (κ1) is 27.3.